The quantitative estimate of drug-likeness (QED) is 0.708. The average molecular weight is 400 g/mol. The Hall–Kier alpha value is -2.23. The van der Waals surface area contributed by atoms with E-state index in [1.54, 1.807) is 30.6 Å². The summed E-state index contributed by atoms with van der Waals surface area (Å²) in [6, 6.07) is -0.274. The van der Waals surface area contributed by atoms with Crippen LogP contribution in [-0.2, 0) is 14.2 Å². The molecule has 28 heavy (non-hydrogen) atoms. The van der Waals surface area contributed by atoms with Crippen LogP contribution in [0.4, 0.5) is 14.4 Å². The lowest BCUT2D eigenvalue weighted by Gasteiger charge is -2.37. The number of hydrogen-bond donors (Lipinski definition) is 1. The summed E-state index contributed by atoms with van der Waals surface area (Å²) in [6.07, 6.45) is 0.434. The highest BCUT2D eigenvalue weighted by molar-refractivity contribution is 5.78. The first-order valence-electron chi connectivity index (χ1n) is 9.66. The maximum absolute atomic E-state index is 12.9. The largest absolute Gasteiger partial charge is 0.453 e. The zero-order chi connectivity index (χ0) is 20.7. The van der Waals surface area contributed by atoms with Crippen LogP contribution in [0.3, 0.4) is 0 Å². The molecule has 160 valence electrons. The zero-order valence-corrected chi connectivity index (χ0v) is 17.2. The molecule has 0 aromatic carbocycles. The molecule has 2 aliphatic rings. The molecule has 1 N–H and O–H groups in total. The fraction of sp³-hybridized carbons (Fsp3) is 0.833. The minimum absolute atomic E-state index is 0.154. The van der Waals surface area contributed by atoms with Crippen molar-refractivity contribution in [3.8, 4) is 0 Å². The van der Waals surface area contributed by atoms with Gasteiger partial charge in [0, 0.05) is 32.7 Å². The van der Waals surface area contributed by atoms with Crippen LogP contribution < -0.4 is 5.43 Å². The molecule has 0 unspecified atom stereocenters. The monoisotopic (exact) mass is 400 g/mol. The second-order valence-corrected chi connectivity index (χ2v) is 8.01. The highest BCUT2D eigenvalue weighted by atomic mass is 16.6. The lowest BCUT2D eigenvalue weighted by atomic mass is 9.97. The first-order chi connectivity index (χ1) is 13.2. The molecule has 10 nitrogen and oxygen atoms in total. The second-order valence-electron chi connectivity index (χ2n) is 8.01. The maximum atomic E-state index is 12.9. The van der Waals surface area contributed by atoms with Crippen molar-refractivity contribution in [3.63, 3.8) is 0 Å². The van der Waals surface area contributed by atoms with Gasteiger partial charge < -0.3 is 24.0 Å². The molecule has 4 amide bonds. The van der Waals surface area contributed by atoms with Crippen molar-refractivity contribution in [2.45, 2.75) is 39.2 Å². The van der Waals surface area contributed by atoms with Gasteiger partial charge in [-0.05, 0) is 39.5 Å². The number of carbonyl (C=O) groups excluding carboxylic acids is 3. The summed E-state index contributed by atoms with van der Waals surface area (Å²) in [5, 5.41) is 1.33. The molecule has 0 bridgehead atoms. The Bertz CT molecular complexity index is 551. The van der Waals surface area contributed by atoms with Crippen LogP contribution in [0.1, 0.15) is 33.6 Å². The van der Waals surface area contributed by atoms with E-state index in [9.17, 15) is 14.4 Å². The van der Waals surface area contributed by atoms with E-state index in [1.165, 1.54) is 12.1 Å². The van der Waals surface area contributed by atoms with Crippen molar-refractivity contribution in [3.05, 3.63) is 0 Å². The minimum Gasteiger partial charge on any atom is -0.453 e. The molecule has 2 aliphatic heterocycles. The number of piperidine rings is 1. The number of urea groups is 1. The fourth-order valence-corrected chi connectivity index (χ4v) is 3.19. The van der Waals surface area contributed by atoms with Gasteiger partial charge in [0.2, 0.25) is 0 Å². The van der Waals surface area contributed by atoms with Crippen LogP contribution in [0, 0.1) is 5.92 Å². The van der Waals surface area contributed by atoms with E-state index < -0.39 is 11.7 Å². The summed E-state index contributed by atoms with van der Waals surface area (Å²) in [4.78, 5) is 40.1. The van der Waals surface area contributed by atoms with Gasteiger partial charge in [0.15, 0.2) is 0 Å². The predicted molar refractivity (Wildman–Crippen MR) is 101 cm³/mol. The van der Waals surface area contributed by atoms with Crippen molar-refractivity contribution in [1.82, 2.24) is 20.2 Å². The van der Waals surface area contributed by atoms with Gasteiger partial charge in [-0.1, -0.05) is 0 Å². The Kier molecular flexibility index (Phi) is 7.73. The Morgan fingerprint density at radius 3 is 2.21 bits per heavy atom. The average Bonchev–Trinajstić information content (AvgIpc) is 2.66. The number of nitrogens with one attached hydrogen (secondary N) is 1. The van der Waals surface area contributed by atoms with Crippen molar-refractivity contribution in [2.24, 2.45) is 5.92 Å². The highest BCUT2D eigenvalue weighted by Crippen LogP contribution is 2.19. The van der Waals surface area contributed by atoms with E-state index in [-0.39, 0.29) is 18.0 Å². The van der Waals surface area contributed by atoms with Gasteiger partial charge in [-0.2, -0.15) is 0 Å². The van der Waals surface area contributed by atoms with Crippen molar-refractivity contribution < 1.29 is 28.6 Å². The van der Waals surface area contributed by atoms with Gasteiger partial charge >= 0.3 is 18.2 Å². The summed E-state index contributed by atoms with van der Waals surface area (Å²) < 4.78 is 15.4. The Morgan fingerprint density at radius 2 is 1.68 bits per heavy atom. The Labute approximate surface area is 166 Å². The van der Waals surface area contributed by atoms with Crippen molar-refractivity contribution in [1.29, 1.82) is 0 Å². The van der Waals surface area contributed by atoms with Gasteiger partial charge in [-0.3, -0.25) is 0 Å². The summed E-state index contributed by atoms with van der Waals surface area (Å²) in [5.41, 5.74) is 1.93. The molecule has 0 spiro atoms. The SMILES string of the molecule is COC(=O)N1CCC(CN(NC(=O)OC(C)(C)C)C(=O)N2CCOCC2)CC1. The van der Waals surface area contributed by atoms with Crippen molar-refractivity contribution in [2.75, 3.05) is 53.0 Å². The molecular formula is C18H32N4O6. The van der Waals surface area contributed by atoms with Crippen molar-refractivity contribution >= 4 is 18.2 Å². The summed E-state index contributed by atoms with van der Waals surface area (Å²) in [5.74, 6) is 0.154. The third kappa shape index (κ3) is 6.74. The Morgan fingerprint density at radius 1 is 1.07 bits per heavy atom. The van der Waals surface area contributed by atoms with Gasteiger partial charge in [0.05, 0.1) is 20.3 Å². The molecule has 0 radical (unpaired) electrons. The number of likely N-dealkylation sites (tertiary alicyclic amines) is 1. The standard InChI is InChI=1S/C18H32N4O6/c1-18(2,3)28-15(23)19-22(16(24)20-9-11-27-12-10-20)13-14-5-7-21(8-6-14)17(25)26-4/h14H,5-13H2,1-4H3,(H,19,23). The number of amides is 4. The first kappa shape index (κ1) is 22.1. The number of morpholine rings is 1. The van der Waals surface area contributed by atoms with Gasteiger partial charge in [0.25, 0.3) is 0 Å². The smallest absolute Gasteiger partial charge is 0.426 e. The van der Waals surface area contributed by atoms with Crippen LogP contribution in [0.25, 0.3) is 0 Å². The number of carbonyl (C=O) groups is 3. The van der Waals surface area contributed by atoms with Crippen LogP contribution in [0.15, 0.2) is 0 Å². The van der Waals surface area contributed by atoms with E-state index in [1.807, 2.05) is 0 Å². The summed E-state index contributed by atoms with van der Waals surface area (Å²) in [6.45, 7) is 8.68. The lowest BCUT2D eigenvalue weighted by molar-refractivity contribution is 0.0179. The minimum atomic E-state index is -0.666. The number of hydrazine groups is 1. The summed E-state index contributed by atoms with van der Waals surface area (Å²) in [7, 11) is 1.36. The molecule has 0 saturated carbocycles. The van der Waals surface area contributed by atoms with E-state index in [4.69, 9.17) is 14.2 Å². The molecule has 2 heterocycles. The number of nitrogens with zero attached hydrogens (tertiary/aromatic N) is 3. The fourth-order valence-electron chi connectivity index (χ4n) is 3.19. The molecule has 2 rings (SSSR count). The molecule has 0 aliphatic carbocycles. The van der Waals surface area contributed by atoms with Gasteiger partial charge in [-0.15, -0.1) is 0 Å². The number of methoxy groups -OCH3 is 1. The van der Waals surface area contributed by atoms with Crippen LogP contribution in [0.5, 0.6) is 0 Å². The molecular weight excluding hydrogens is 368 g/mol. The van der Waals surface area contributed by atoms with E-state index in [0.29, 0.717) is 45.9 Å². The maximum Gasteiger partial charge on any atom is 0.426 e. The molecule has 2 fully saturated rings. The van der Waals surface area contributed by atoms with E-state index in [2.05, 4.69) is 5.43 Å². The number of rotatable bonds is 2. The normalized spacial score (nSPS) is 18.4. The number of ether oxygens (including phenoxy) is 3. The molecule has 2 saturated heterocycles. The highest BCUT2D eigenvalue weighted by Gasteiger charge is 2.31. The van der Waals surface area contributed by atoms with Crippen LogP contribution >= 0.6 is 0 Å². The topological polar surface area (TPSA) is 101 Å². The second kappa shape index (κ2) is 9.81. The van der Waals surface area contributed by atoms with Gasteiger partial charge in [-0.25, -0.2) is 24.8 Å². The summed E-state index contributed by atoms with van der Waals surface area (Å²) >= 11 is 0. The lowest BCUT2D eigenvalue weighted by Crippen LogP contribution is -2.57. The molecule has 0 aromatic heterocycles. The number of hydrogen-bond acceptors (Lipinski definition) is 6. The van der Waals surface area contributed by atoms with E-state index in [0.717, 1.165) is 12.8 Å². The Balaban J connectivity index is 1.98. The van der Waals surface area contributed by atoms with E-state index >= 15 is 0 Å². The predicted octanol–water partition coefficient (Wildman–Crippen LogP) is 1.66. The molecule has 0 atom stereocenters. The molecule has 0 aromatic rings. The van der Waals surface area contributed by atoms with Gasteiger partial charge in [0.1, 0.15) is 5.60 Å². The third-order valence-electron chi connectivity index (χ3n) is 4.63. The first-order valence-corrected chi connectivity index (χ1v) is 9.66. The van der Waals surface area contributed by atoms with Crippen LogP contribution in [-0.4, -0.2) is 91.7 Å². The van der Waals surface area contributed by atoms with Crippen LogP contribution in [0.2, 0.25) is 0 Å². The molecule has 10 heteroatoms. The zero-order valence-electron chi connectivity index (χ0n) is 17.2. The third-order valence-corrected chi connectivity index (χ3v) is 4.63.